The molecule has 1 unspecified atom stereocenters. The van der Waals surface area contributed by atoms with E-state index in [0.717, 1.165) is 35.9 Å². The molecule has 2 aliphatic heterocycles. The van der Waals surface area contributed by atoms with Gasteiger partial charge in [-0.2, -0.15) is 0 Å². The van der Waals surface area contributed by atoms with Gasteiger partial charge < -0.3 is 15.1 Å². The fourth-order valence-electron chi connectivity index (χ4n) is 4.41. The number of thiophene rings is 1. The fourth-order valence-corrected chi connectivity index (χ4v) is 5.25. The third-order valence-corrected chi connectivity index (χ3v) is 6.77. The molecule has 6 heteroatoms. The molecule has 5 nitrogen and oxygen atoms in total. The Hall–Kier alpha value is -2.18. The highest BCUT2D eigenvalue weighted by molar-refractivity contribution is 7.13. The van der Waals surface area contributed by atoms with Crippen molar-refractivity contribution >= 4 is 23.2 Å². The Morgan fingerprint density at radius 2 is 1.89 bits per heavy atom. The lowest BCUT2D eigenvalue weighted by atomic mass is 9.71. The lowest BCUT2D eigenvalue weighted by Gasteiger charge is -2.51. The Bertz CT molecular complexity index is 842. The summed E-state index contributed by atoms with van der Waals surface area (Å²) in [6.45, 7) is 6.16. The number of carbonyl (C=O) groups excluding carboxylic acids is 2. The average molecular weight is 384 g/mol. The zero-order valence-electron chi connectivity index (χ0n) is 15.8. The summed E-state index contributed by atoms with van der Waals surface area (Å²) in [5, 5.41) is 3.10. The van der Waals surface area contributed by atoms with Crippen LogP contribution in [0.25, 0.3) is 0 Å². The molecule has 142 valence electrons. The summed E-state index contributed by atoms with van der Waals surface area (Å²) >= 11 is 1.56. The first-order valence-electron chi connectivity index (χ1n) is 9.34. The molecular weight excluding hydrogens is 358 g/mol. The number of likely N-dealkylation sites (tertiary alicyclic amines) is 2. The van der Waals surface area contributed by atoms with E-state index in [4.69, 9.17) is 0 Å². The molecule has 1 spiro atoms. The predicted molar refractivity (Wildman–Crippen MR) is 107 cm³/mol. The third-order valence-electron chi connectivity index (χ3n) is 5.78. The second-order valence-electron chi connectivity index (χ2n) is 7.90. The minimum Gasteiger partial charge on any atom is -0.352 e. The van der Waals surface area contributed by atoms with Gasteiger partial charge >= 0.3 is 0 Å². The van der Waals surface area contributed by atoms with Crippen molar-refractivity contribution in [3.63, 3.8) is 0 Å². The van der Waals surface area contributed by atoms with Crippen molar-refractivity contribution in [2.45, 2.75) is 6.92 Å². The first kappa shape index (κ1) is 18.2. The van der Waals surface area contributed by atoms with E-state index in [1.54, 1.807) is 11.3 Å². The van der Waals surface area contributed by atoms with Gasteiger partial charge in [-0.1, -0.05) is 18.2 Å². The van der Waals surface area contributed by atoms with Gasteiger partial charge in [0.1, 0.15) is 0 Å². The quantitative estimate of drug-likeness (QED) is 0.883. The van der Waals surface area contributed by atoms with Gasteiger partial charge in [0.05, 0.1) is 4.88 Å². The summed E-state index contributed by atoms with van der Waals surface area (Å²) in [4.78, 5) is 31.3. The molecule has 1 aromatic heterocycles. The highest BCUT2D eigenvalue weighted by atomic mass is 32.1. The molecule has 2 aromatic rings. The molecule has 0 aliphatic carbocycles. The molecule has 1 N–H and O–H groups in total. The maximum atomic E-state index is 12.7. The largest absolute Gasteiger partial charge is 0.352 e. The van der Waals surface area contributed by atoms with Crippen molar-refractivity contribution in [3.8, 4) is 0 Å². The minimum atomic E-state index is -0.0263. The predicted octanol–water partition coefficient (Wildman–Crippen LogP) is 2.49. The Morgan fingerprint density at radius 1 is 1.15 bits per heavy atom. The van der Waals surface area contributed by atoms with E-state index < -0.39 is 0 Å². The average Bonchev–Trinajstić information content (AvgIpc) is 3.21. The number of rotatable bonds is 4. The van der Waals surface area contributed by atoms with Crippen LogP contribution in [0.5, 0.6) is 0 Å². The highest BCUT2D eigenvalue weighted by Crippen LogP contribution is 2.44. The molecule has 2 fully saturated rings. The van der Waals surface area contributed by atoms with Gasteiger partial charge in [-0.05, 0) is 44.2 Å². The van der Waals surface area contributed by atoms with Crippen molar-refractivity contribution in [2.24, 2.45) is 11.3 Å². The Labute approximate surface area is 164 Å². The van der Waals surface area contributed by atoms with Gasteiger partial charge in [0, 0.05) is 48.6 Å². The molecule has 2 saturated heterocycles. The maximum absolute atomic E-state index is 12.7. The van der Waals surface area contributed by atoms with E-state index >= 15 is 0 Å². The van der Waals surface area contributed by atoms with Crippen molar-refractivity contribution in [2.75, 3.05) is 39.8 Å². The van der Waals surface area contributed by atoms with Crippen LogP contribution in [-0.2, 0) is 0 Å². The second kappa shape index (κ2) is 7.09. The molecular formula is C21H25N3O2S. The molecule has 2 aliphatic rings. The van der Waals surface area contributed by atoms with E-state index in [-0.39, 0.29) is 17.2 Å². The molecule has 1 atom stereocenters. The molecule has 2 amide bonds. The SMILES string of the molecule is Cc1ccc(C(=O)N2CC3(CN(C)CC3CNC(=O)c3ccccc3)C2)s1. The maximum Gasteiger partial charge on any atom is 0.263 e. The first-order chi connectivity index (χ1) is 13.0. The van der Waals surface area contributed by atoms with Gasteiger partial charge in [0.15, 0.2) is 0 Å². The van der Waals surface area contributed by atoms with Crippen LogP contribution in [-0.4, -0.2) is 61.4 Å². The molecule has 3 heterocycles. The molecule has 0 bridgehead atoms. The fraction of sp³-hybridized carbons (Fsp3) is 0.429. The molecule has 0 saturated carbocycles. The lowest BCUT2D eigenvalue weighted by molar-refractivity contribution is -0.00923. The smallest absolute Gasteiger partial charge is 0.263 e. The number of nitrogens with one attached hydrogen (secondary N) is 1. The van der Waals surface area contributed by atoms with E-state index in [0.29, 0.717) is 18.0 Å². The van der Waals surface area contributed by atoms with Gasteiger partial charge in [-0.25, -0.2) is 0 Å². The molecule has 1 aromatic carbocycles. The summed E-state index contributed by atoms with van der Waals surface area (Å²) in [5.41, 5.74) is 0.789. The number of nitrogens with zero attached hydrogens (tertiary/aromatic N) is 2. The van der Waals surface area contributed by atoms with E-state index in [1.165, 1.54) is 0 Å². The normalized spacial score (nSPS) is 21.3. The zero-order chi connectivity index (χ0) is 19.0. The second-order valence-corrected chi connectivity index (χ2v) is 9.19. The minimum absolute atomic E-state index is 0.0263. The Morgan fingerprint density at radius 3 is 2.56 bits per heavy atom. The van der Waals surface area contributed by atoms with Crippen LogP contribution in [0.2, 0.25) is 0 Å². The Kier molecular flexibility index (Phi) is 4.78. The number of carbonyl (C=O) groups is 2. The molecule has 0 radical (unpaired) electrons. The zero-order valence-corrected chi connectivity index (χ0v) is 16.6. The summed E-state index contributed by atoms with van der Waals surface area (Å²) in [6, 6.07) is 13.2. The number of hydrogen-bond donors (Lipinski definition) is 1. The number of hydrogen-bond acceptors (Lipinski definition) is 4. The molecule has 27 heavy (non-hydrogen) atoms. The van der Waals surface area contributed by atoms with Crippen molar-refractivity contribution in [1.29, 1.82) is 0 Å². The van der Waals surface area contributed by atoms with E-state index in [1.807, 2.05) is 54.3 Å². The van der Waals surface area contributed by atoms with Gasteiger partial charge in [0.2, 0.25) is 0 Å². The van der Waals surface area contributed by atoms with Crippen LogP contribution in [0.3, 0.4) is 0 Å². The Balaban J connectivity index is 1.38. The summed E-state index contributed by atoms with van der Waals surface area (Å²) in [5.74, 6) is 0.478. The van der Waals surface area contributed by atoms with Crippen molar-refractivity contribution in [3.05, 3.63) is 57.8 Å². The van der Waals surface area contributed by atoms with E-state index in [2.05, 4.69) is 17.3 Å². The highest BCUT2D eigenvalue weighted by Gasteiger charge is 2.54. The number of amides is 2. The van der Waals surface area contributed by atoms with Crippen LogP contribution in [0.1, 0.15) is 24.9 Å². The number of aryl methyl sites for hydroxylation is 1. The van der Waals surface area contributed by atoms with Gasteiger partial charge in [-0.3, -0.25) is 9.59 Å². The number of benzene rings is 1. The van der Waals surface area contributed by atoms with Gasteiger partial charge in [-0.15, -0.1) is 11.3 Å². The molecule has 4 rings (SSSR count). The third kappa shape index (κ3) is 3.51. The van der Waals surface area contributed by atoms with Crippen LogP contribution in [0.4, 0.5) is 0 Å². The van der Waals surface area contributed by atoms with E-state index in [9.17, 15) is 9.59 Å². The van der Waals surface area contributed by atoms with Crippen molar-refractivity contribution in [1.82, 2.24) is 15.1 Å². The van der Waals surface area contributed by atoms with Crippen molar-refractivity contribution < 1.29 is 9.59 Å². The summed E-state index contributed by atoms with van der Waals surface area (Å²) < 4.78 is 0. The first-order valence-corrected chi connectivity index (χ1v) is 10.2. The standard InChI is InChI=1S/C21H25N3O2S/c1-15-8-9-18(27-15)20(26)24-13-21(14-24)12-23(2)11-17(21)10-22-19(25)16-6-4-3-5-7-16/h3-9,17H,10-14H2,1-2H3,(H,22,25). The summed E-state index contributed by atoms with van der Waals surface area (Å²) in [7, 11) is 2.12. The summed E-state index contributed by atoms with van der Waals surface area (Å²) in [6.07, 6.45) is 0. The van der Waals surface area contributed by atoms with Gasteiger partial charge in [0.25, 0.3) is 11.8 Å². The van der Waals surface area contributed by atoms with Crippen LogP contribution < -0.4 is 5.32 Å². The van der Waals surface area contributed by atoms with Crippen LogP contribution >= 0.6 is 11.3 Å². The topological polar surface area (TPSA) is 52.7 Å². The monoisotopic (exact) mass is 383 g/mol. The van der Waals surface area contributed by atoms with Crippen LogP contribution in [0, 0.1) is 18.3 Å². The lowest BCUT2D eigenvalue weighted by Crippen LogP contribution is -2.63. The van der Waals surface area contributed by atoms with Crippen LogP contribution in [0.15, 0.2) is 42.5 Å².